The van der Waals surface area contributed by atoms with Gasteiger partial charge in [-0.25, -0.2) is 0 Å². The lowest BCUT2D eigenvalue weighted by atomic mass is 9.93. The first-order valence-electron chi connectivity index (χ1n) is 3.85. The SMILES string of the molecule is CC([SiH](C)C)C(C)(C)C. The molecule has 0 amide bonds. The van der Waals surface area contributed by atoms with E-state index in [4.69, 9.17) is 0 Å². The summed E-state index contributed by atoms with van der Waals surface area (Å²) in [5.74, 6) is 0. The van der Waals surface area contributed by atoms with Gasteiger partial charge in [0, 0.05) is 8.80 Å². The van der Waals surface area contributed by atoms with Gasteiger partial charge < -0.3 is 0 Å². The molecule has 0 saturated heterocycles. The highest BCUT2D eigenvalue weighted by atomic mass is 28.3. The van der Waals surface area contributed by atoms with E-state index < -0.39 is 0 Å². The van der Waals surface area contributed by atoms with E-state index in [1.165, 1.54) is 0 Å². The molecule has 1 heteroatoms. The lowest BCUT2D eigenvalue weighted by Crippen LogP contribution is -2.22. The van der Waals surface area contributed by atoms with Gasteiger partial charge in [0.05, 0.1) is 0 Å². The normalized spacial score (nSPS) is 16.3. The molecule has 0 N–H and O–H groups in total. The summed E-state index contributed by atoms with van der Waals surface area (Å²) in [6, 6.07) is 0. The summed E-state index contributed by atoms with van der Waals surface area (Å²) >= 11 is 0. The van der Waals surface area contributed by atoms with Gasteiger partial charge in [0.15, 0.2) is 0 Å². The predicted molar refractivity (Wildman–Crippen MR) is 47.8 cm³/mol. The number of hydrogen-bond acceptors (Lipinski definition) is 0. The number of hydrogen-bond donors (Lipinski definition) is 0. The Labute approximate surface area is 61.3 Å². The molecule has 0 heterocycles. The second-order valence-corrected chi connectivity index (χ2v) is 7.89. The fourth-order valence-corrected chi connectivity index (χ4v) is 3.00. The first-order valence-corrected chi connectivity index (χ1v) is 6.83. The van der Waals surface area contributed by atoms with Crippen molar-refractivity contribution >= 4 is 8.80 Å². The van der Waals surface area contributed by atoms with Crippen LogP contribution in [0.25, 0.3) is 0 Å². The first-order chi connectivity index (χ1) is 3.85. The summed E-state index contributed by atoms with van der Waals surface area (Å²) < 4.78 is 0. The molecule has 0 radical (unpaired) electrons. The summed E-state index contributed by atoms with van der Waals surface area (Å²) in [5.41, 5.74) is 1.50. The minimum atomic E-state index is -0.390. The van der Waals surface area contributed by atoms with Crippen LogP contribution in [0.2, 0.25) is 18.6 Å². The highest BCUT2D eigenvalue weighted by molar-refractivity contribution is 6.57. The predicted octanol–water partition coefficient (Wildman–Crippen LogP) is 2.91. The topological polar surface area (TPSA) is 0 Å². The standard InChI is InChI=1S/C8H20Si/c1-7(9(5)6)8(2,3)4/h7,9H,1-6H3. The van der Waals surface area contributed by atoms with E-state index in [9.17, 15) is 0 Å². The summed E-state index contributed by atoms with van der Waals surface area (Å²) in [6.07, 6.45) is 0. The molecule has 0 aromatic heterocycles. The Bertz CT molecular complexity index is 79.1. The molecule has 0 aromatic carbocycles. The van der Waals surface area contributed by atoms with Crippen LogP contribution < -0.4 is 0 Å². The molecule has 0 rings (SSSR count). The van der Waals surface area contributed by atoms with Crippen LogP contribution in [-0.4, -0.2) is 8.80 Å². The smallest absolute Gasteiger partial charge is 0.0339 e. The molecule has 1 unspecified atom stereocenters. The molecule has 0 aliphatic heterocycles. The van der Waals surface area contributed by atoms with Crippen molar-refractivity contribution in [2.75, 3.05) is 0 Å². The average Bonchev–Trinajstić information content (AvgIpc) is 1.62. The van der Waals surface area contributed by atoms with Gasteiger partial charge in [0.1, 0.15) is 0 Å². The van der Waals surface area contributed by atoms with E-state index in [1.54, 1.807) is 0 Å². The van der Waals surface area contributed by atoms with Crippen molar-refractivity contribution in [2.45, 2.75) is 46.3 Å². The zero-order valence-corrected chi connectivity index (χ0v) is 8.81. The molecule has 0 aliphatic rings. The van der Waals surface area contributed by atoms with Crippen LogP contribution in [0.5, 0.6) is 0 Å². The Morgan fingerprint density at radius 1 is 1.11 bits per heavy atom. The molecular weight excluding hydrogens is 124 g/mol. The Morgan fingerprint density at radius 3 is 1.44 bits per heavy atom. The van der Waals surface area contributed by atoms with Gasteiger partial charge in [-0.15, -0.1) is 0 Å². The van der Waals surface area contributed by atoms with Crippen LogP contribution >= 0.6 is 0 Å². The van der Waals surface area contributed by atoms with Crippen LogP contribution in [0.3, 0.4) is 0 Å². The van der Waals surface area contributed by atoms with Crippen LogP contribution in [0.15, 0.2) is 0 Å². The van der Waals surface area contributed by atoms with Gasteiger partial charge in [-0.1, -0.05) is 40.8 Å². The quantitative estimate of drug-likeness (QED) is 0.496. The Morgan fingerprint density at radius 2 is 1.44 bits per heavy atom. The highest BCUT2D eigenvalue weighted by Gasteiger charge is 2.22. The molecule has 0 fully saturated rings. The van der Waals surface area contributed by atoms with Crippen molar-refractivity contribution in [1.82, 2.24) is 0 Å². The second-order valence-electron chi connectivity index (χ2n) is 4.40. The van der Waals surface area contributed by atoms with Crippen LogP contribution in [-0.2, 0) is 0 Å². The maximum absolute atomic E-state index is 2.43. The van der Waals surface area contributed by atoms with E-state index in [2.05, 4.69) is 40.8 Å². The van der Waals surface area contributed by atoms with E-state index in [-0.39, 0.29) is 8.80 Å². The fourth-order valence-electron chi connectivity index (χ4n) is 1.00. The zero-order chi connectivity index (χ0) is 7.65. The van der Waals surface area contributed by atoms with Gasteiger partial charge >= 0.3 is 0 Å². The minimum absolute atomic E-state index is 0.390. The fraction of sp³-hybridized carbons (Fsp3) is 1.00. The van der Waals surface area contributed by atoms with Gasteiger partial charge in [-0.3, -0.25) is 0 Å². The highest BCUT2D eigenvalue weighted by Crippen LogP contribution is 2.32. The summed E-state index contributed by atoms with van der Waals surface area (Å²) in [6.45, 7) is 14.3. The molecule has 0 aliphatic carbocycles. The molecule has 0 saturated carbocycles. The average molecular weight is 144 g/mol. The Kier molecular flexibility index (Phi) is 2.94. The Balaban J connectivity index is 3.88. The van der Waals surface area contributed by atoms with Gasteiger partial charge in [-0.05, 0) is 11.0 Å². The molecule has 56 valence electrons. The Hall–Kier alpha value is 0.217. The van der Waals surface area contributed by atoms with Gasteiger partial charge in [0.2, 0.25) is 0 Å². The lowest BCUT2D eigenvalue weighted by Gasteiger charge is -2.29. The molecule has 9 heavy (non-hydrogen) atoms. The zero-order valence-electron chi connectivity index (χ0n) is 7.65. The van der Waals surface area contributed by atoms with E-state index in [1.807, 2.05) is 0 Å². The van der Waals surface area contributed by atoms with Crippen molar-refractivity contribution in [1.29, 1.82) is 0 Å². The molecule has 1 atom stereocenters. The second kappa shape index (κ2) is 2.87. The minimum Gasteiger partial charge on any atom is -0.0720 e. The first kappa shape index (κ1) is 9.22. The van der Waals surface area contributed by atoms with E-state index >= 15 is 0 Å². The van der Waals surface area contributed by atoms with Crippen molar-refractivity contribution in [3.8, 4) is 0 Å². The summed E-state index contributed by atoms with van der Waals surface area (Å²) in [4.78, 5) is 0. The third kappa shape index (κ3) is 3.04. The number of rotatable bonds is 1. The summed E-state index contributed by atoms with van der Waals surface area (Å²) in [7, 11) is -0.390. The third-order valence-corrected chi connectivity index (χ3v) is 5.37. The molecular formula is C8H20Si. The van der Waals surface area contributed by atoms with Crippen LogP contribution in [0.1, 0.15) is 27.7 Å². The van der Waals surface area contributed by atoms with Crippen molar-refractivity contribution in [2.24, 2.45) is 5.41 Å². The van der Waals surface area contributed by atoms with E-state index in [0.29, 0.717) is 5.41 Å². The van der Waals surface area contributed by atoms with Crippen LogP contribution in [0, 0.1) is 5.41 Å². The molecule has 0 aromatic rings. The monoisotopic (exact) mass is 144 g/mol. The van der Waals surface area contributed by atoms with Gasteiger partial charge in [0.25, 0.3) is 0 Å². The van der Waals surface area contributed by atoms with Crippen molar-refractivity contribution < 1.29 is 0 Å². The van der Waals surface area contributed by atoms with Crippen molar-refractivity contribution in [3.63, 3.8) is 0 Å². The summed E-state index contributed by atoms with van der Waals surface area (Å²) in [5, 5.41) is 0. The molecule has 0 spiro atoms. The maximum Gasteiger partial charge on any atom is 0.0339 e. The molecule has 0 bridgehead atoms. The molecule has 0 nitrogen and oxygen atoms in total. The van der Waals surface area contributed by atoms with Crippen LogP contribution in [0.4, 0.5) is 0 Å². The van der Waals surface area contributed by atoms with Crippen molar-refractivity contribution in [3.05, 3.63) is 0 Å². The third-order valence-electron chi connectivity index (χ3n) is 2.37. The largest absolute Gasteiger partial charge is 0.0720 e. The lowest BCUT2D eigenvalue weighted by molar-refractivity contribution is 0.392. The van der Waals surface area contributed by atoms with Gasteiger partial charge in [-0.2, -0.15) is 0 Å². The van der Waals surface area contributed by atoms with E-state index in [0.717, 1.165) is 5.54 Å². The maximum atomic E-state index is 2.43.